The van der Waals surface area contributed by atoms with Gasteiger partial charge in [0.15, 0.2) is 5.78 Å². The van der Waals surface area contributed by atoms with Gasteiger partial charge in [-0.15, -0.1) is 0 Å². The second-order valence-corrected chi connectivity index (χ2v) is 6.63. The second kappa shape index (κ2) is 5.84. The van der Waals surface area contributed by atoms with Crippen LogP contribution >= 0.6 is 0 Å². The Balaban J connectivity index is 0.00000176. The Morgan fingerprint density at radius 1 is 1.36 bits per heavy atom. The molecular formula is C18H25NO3. The van der Waals surface area contributed by atoms with Crippen LogP contribution in [-0.4, -0.2) is 22.9 Å². The summed E-state index contributed by atoms with van der Waals surface area (Å²) < 4.78 is 0. The minimum Gasteiger partial charge on any atom is -0.393 e. The minimum atomic E-state index is -0.504. The Morgan fingerprint density at radius 2 is 2.09 bits per heavy atom. The van der Waals surface area contributed by atoms with E-state index in [1.807, 2.05) is 6.07 Å². The van der Waals surface area contributed by atoms with Crippen molar-refractivity contribution in [3.8, 4) is 0 Å². The average Bonchev–Trinajstić information content (AvgIpc) is 2.56. The Bertz CT molecular complexity index is 610. The van der Waals surface area contributed by atoms with Crippen LogP contribution in [0.15, 0.2) is 18.2 Å². The fourth-order valence-corrected chi connectivity index (χ4v) is 4.03. The van der Waals surface area contributed by atoms with Gasteiger partial charge in [0.2, 0.25) is 5.91 Å². The highest BCUT2D eigenvalue weighted by Gasteiger charge is 2.44. The summed E-state index contributed by atoms with van der Waals surface area (Å²) in [7, 11) is 0. The normalized spacial score (nSPS) is 30.5. The van der Waals surface area contributed by atoms with E-state index in [0.717, 1.165) is 31.2 Å². The van der Waals surface area contributed by atoms with Gasteiger partial charge in [0.25, 0.3) is 0 Å². The van der Waals surface area contributed by atoms with E-state index in [1.165, 1.54) is 0 Å². The summed E-state index contributed by atoms with van der Waals surface area (Å²) in [6.07, 6.45) is 3.40. The van der Waals surface area contributed by atoms with Crippen LogP contribution in [0.25, 0.3) is 0 Å². The molecule has 0 saturated heterocycles. The topological polar surface area (TPSA) is 80.4 Å². The lowest BCUT2D eigenvalue weighted by atomic mass is 9.62. The number of hydrogen-bond acceptors (Lipinski definition) is 3. The number of hydrogen-bond donors (Lipinski definition) is 2. The van der Waals surface area contributed by atoms with Crippen molar-refractivity contribution < 1.29 is 14.7 Å². The number of fused-ring (bicyclic) bond motifs is 3. The molecule has 120 valence electrons. The molecule has 1 saturated carbocycles. The van der Waals surface area contributed by atoms with Crippen molar-refractivity contribution in [1.82, 2.24) is 0 Å². The van der Waals surface area contributed by atoms with Gasteiger partial charge in [-0.3, -0.25) is 9.59 Å². The fraction of sp³-hybridized carbons (Fsp3) is 0.556. The lowest BCUT2D eigenvalue weighted by molar-refractivity contribution is 0.0537. The van der Waals surface area contributed by atoms with Crippen molar-refractivity contribution in [1.29, 1.82) is 0 Å². The molecule has 0 heterocycles. The number of carbonyl (C=O) groups is 2. The first-order valence-corrected chi connectivity index (χ1v) is 7.57. The third-order valence-corrected chi connectivity index (χ3v) is 5.39. The average molecular weight is 303 g/mol. The zero-order chi connectivity index (χ0) is 15.2. The molecule has 3 unspecified atom stereocenters. The van der Waals surface area contributed by atoms with Crippen LogP contribution in [-0.2, 0) is 5.41 Å². The highest BCUT2D eigenvalue weighted by Crippen LogP contribution is 2.48. The number of benzene rings is 1. The maximum Gasteiger partial charge on any atom is 0.248 e. The first-order chi connectivity index (χ1) is 9.91. The zero-order valence-electron chi connectivity index (χ0n) is 12.3. The molecular weight excluding hydrogens is 278 g/mol. The van der Waals surface area contributed by atoms with Gasteiger partial charge in [0, 0.05) is 17.5 Å². The third kappa shape index (κ3) is 2.56. The number of ketones is 1. The van der Waals surface area contributed by atoms with Gasteiger partial charge in [-0.05, 0) is 54.7 Å². The molecule has 1 fully saturated rings. The van der Waals surface area contributed by atoms with Crippen LogP contribution in [0.4, 0.5) is 0 Å². The molecule has 4 nitrogen and oxygen atoms in total. The van der Waals surface area contributed by atoms with Crippen molar-refractivity contribution in [2.45, 2.75) is 58.0 Å². The predicted molar refractivity (Wildman–Crippen MR) is 86.0 cm³/mol. The Labute approximate surface area is 131 Å². The fourth-order valence-electron chi connectivity index (χ4n) is 4.03. The molecule has 3 rings (SSSR count). The molecule has 0 radical (unpaired) electrons. The van der Waals surface area contributed by atoms with Crippen molar-refractivity contribution in [2.75, 3.05) is 0 Å². The van der Waals surface area contributed by atoms with E-state index in [0.29, 0.717) is 23.5 Å². The summed E-state index contributed by atoms with van der Waals surface area (Å²) >= 11 is 0. The lowest BCUT2D eigenvalue weighted by Crippen LogP contribution is -2.39. The van der Waals surface area contributed by atoms with Gasteiger partial charge in [0.1, 0.15) is 0 Å². The van der Waals surface area contributed by atoms with Gasteiger partial charge in [0.05, 0.1) is 6.10 Å². The van der Waals surface area contributed by atoms with Gasteiger partial charge >= 0.3 is 0 Å². The Hall–Kier alpha value is -1.68. The van der Waals surface area contributed by atoms with E-state index in [4.69, 9.17) is 5.73 Å². The number of aliphatic hydroxyl groups is 1. The first-order valence-electron chi connectivity index (χ1n) is 7.57. The SMILES string of the molecule is C.CC12CCC(O)CC1CCC(=O)c1cc(C(N)=O)ccc12. The molecule has 0 spiro atoms. The smallest absolute Gasteiger partial charge is 0.248 e. The number of primary amides is 1. The standard InChI is InChI=1S/C17H21NO3.CH4/c1-17-7-6-12(19)9-11(17)3-5-15(20)13-8-10(16(18)21)2-4-14(13)17;/h2,4,8,11-12,19H,3,5-7,9H2,1H3,(H2,18,21);1H4. The van der Waals surface area contributed by atoms with Crippen LogP contribution in [0.5, 0.6) is 0 Å². The van der Waals surface area contributed by atoms with Crippen molar-refractivity contribution in [3.63, 3.8) is 0 Å². The monoisotopic (exact) mass is 303 g/mol. The molecule has 1 aromatic rings. The van der Waals surface area contributed by atoms with E-state index in [2.05, 4.69) is 6.92 Å². The van der Waals surface area contributed by atoms with Gasteiger partial charge < -0.3 is 10.8 Å². The van der Waals surface area contributed by atoms with E-state index < -0.39 is 5.91 Å². The highest BCUT2D eigenvalue weighted by atomic mass is 16.3. The van der Waals surface area contributed by atoms with Gasteiger partial charge in [-0.1, -0.05) is 20.4 Å². The van der Waals surface area contributed by atoms with Crippen molar-refractivity contribution in [2.24, 2.45) is 11.7 Å². The quantitative estimate of drug-likeness (QED) is 0.837. The van der Waals surface area contributed by atoms with Crippen LogP contribution in [0, 0.1) is 5.92 Å². The number of carbonyl (C=O) groups excluding carboxylic acids is 2. The molecule has 0 aliphatic heterocycles. The van der Waals surface area contributed by atoms with Crippen molar-refractivity contribution >= 4 is 11.7 Å². The molecule has 3 N–H and O–H groups in total. The van der Waals surface area contributed by atoms with Crippen LogP contribution in [0.2, 0.25) is 0 Å². The van der Waals surface area contributed by atoms with Crippen molar-refractivity contribution in [3.05, 3.63) is 34.9 Å². The molecule has 2 aliphatic carbocycles. The summed E-state index contributed by atoms with van der Waals surface area (Å²) in [4.78, 5) is 23.8. The Kier molecular flexibility index (Phi) is 4.43. The number of rotatable bonds is 1. The number of amides is 1. The minimum absolute atomic E-state index is 0. The zero-order valence-corrected chi connectivity index (χ0v) is 12.3. The summed E-state index contributed by atoms with van der Waals surface area (Å²) in [6.45, 7) is 2.19. The molecule has 4 heteroatoms. The molecule has 1 amide bonds. The molecule has 1 aromatic carbocycles. The number of aliphatic hydroxyl groups excluding tert-OH is 1. The summed E-state index contributed by atoms with van der Waals surface area (Å²) in [5, 5.41) is 9.94. The Morgan fingerprint density at radius 3 is 2.77 bits per heavy atom. The number of Topliss-reactive ketones (excluding diaryl/α,β-unsaturated/α-hetero) is 1. The van der Waals surface area contributed by atoms with E-state index in [9.17, 15) is 14.7 Å². The first kappa shape index (κ1) is 16.7. The predicted octanol–water partition coefficient (Wildman–Crippen LogP) is 2.82. The number of nitrogens with two attached hydrogens (primary N) is 1. The van der Waals surface area contributed by atoms with Gasteiger partial charge in [-0.25, -0.2) is 0 Å². The van der Waals surface area contributed by atoms with Crippen LogP contribution in [0.1, 0.15) is 72.7 Å². The summed E-state index contributed by atoms with van der Waals surface area (Å²) in [6, 6.07) is 5.26. The maximum atomic E-state index is 12.4. The molecule has 22 heavy (non-hydrogen) atoms. The van der Waals surface area contributed by atoms with E-state index in [1.54, 1.807) is 12.1 Å². The van der Waals surface area contributed by atoms with Crippen LogP contribution in [0.3, 0.4) is 0 Å². The van der Waals surface area contributed by atoms with E-state index in [-0.39, 0.29) is 24.7 Å². The molecule has 2 aliphatic rings. The second-order valence-electron chi connectivity index (χ2n) is 6.63. The third-order valence-electron chi connectivity index (χ3n) is 5.39. The summed E-state index contributed by atoms with van der Waals surface area (Å²) in [5.41, 5.74) is 7.29. The maximum absolute atomic E-state index is 12.4. The lowest BCUT2D eigenvalue weighted by Gasteiger charge is -2.43. The molecule has 3 atom stereocenters. The summed E-state index contributed by atoms with van der Waals surface area (Å²) in [5.74, 6) is -0.111. The highest BCUT2D eigenvalue weighted by molar-refractivity contribution is 6.01. The van der Waals surface area contributed by atoms with Gasteiger partial charge in [-0.2, -0.15) is 0 Å². The van der Waals surface area contributed by atoms with Crippen LogP contribution < -0.4 is 5.73 Å². The van der Waals surface area contributed by atoms with E-state index >= 15 is 0 Å². The molecule has 0 aromatic heterocycles. The largest absolute Gasteiger partial charge is 0.393 e. The molecule has 0 bridgehead atoms.